The third-order valence-electron chi connectivity index (χ3n) is 8.68. The summed E-state index contributed by atoms with van der Waals surface area (Å²) in [5.74, 6) is 1.94. The Bertz CT molecular complexity index is 1350. The first kappa shape index (κ1) is 27.2. The quantitative estimate of drug-likeness (QED) is 0.447. The van der Waals surface area contributed by atoms with E-state index in [1.165, 1.54) is 10.4 Å². The van der Waals surface area contributed by atoms with E-state index in [1.54, 1.807) is 23.7 Å². The van der Waals surface area contributed by atoms with Crippen LogP contribution in [-0.2, 0) is 22.5 Å². The van der Waals surface area contributed by atoms with Crippen LogP contribution in [0.1, 0.15) is 50.0 Å². The van der Waals surface area contributed by atoms with E-state index in [-0.39, 0.29) is 11.7 Å². The van der Waals surface area contributed by atoms with Crippen molar-refractivity contribution >= 4 is 39.1 Å². The van der Waals surface area contributed by atoms with E-state index in [0.717, 1.165) is 106 Å². The van der Waals surface area contributed by atoms with Crippen molar-refractivity contribution in [3.05, 3.63) is 22.8 Å². The maximum atomic E-state index is 6.76. The molecule has 2 N–H and O–H groups in total. The SMILES string of the molecule is CC1(C)Cc2c(sc3nc(Nc4cnc(N5CCNCC5)nc4)nc(OC4CCC(N5CCOCC5)CC4)c23)CO1. The van der Waals surface area contributed by atoms with Crippen LogP contribution < -0.4 is 20.3 Å². The second kappa shape index (κ2) is 11.6. The van der Waals surface area contributed by atoms with Crippen LogP contribution in [-0.4, -0.2) is 95.1 Å². The van der Waals surface area contributed by atoms with Crippen molar-refractivity contribution in [2.45, 2.75) is 70.3 Å². The third kappa shape index (κ3) is 5.98. The summed E-state index contributed by atoms with van der Waals surface area (Å²) in [6.07, 6.45) is 8.91. The summed E-state index contributed by atoms with van der Waals surface area (Å²) in [6, 6.07) is 0.623. The second-order valence-corrected chi connectivity index (χ2v) is 13.2. The fourth-order valence-corrected chi connectivity index (χ4v) is 7.52. The van der Waals surface area contributed by atoms with Crippen LogP contribution in [0.2, 0.25) is 0 Å². The minimum atomic E-state index is -0.227. The van der Waals surface area contributed by atoms with Crippen LogP contribution >= 0.6 is 11.3 Å². The van der Waals surface area contributed by atoms with E-state index in [4.69, 9.17) is 24.2 Å². The fourth-order valence-electron chi connectivity index (χ4n) is 6.42. The highest BCUT2D eigenvalue weighted by atomic mass is 32.1. The Labute approximate surface area is 245 Å². The Morgan fingerprint density at radius 3 is 2.54 bits per heavy atom. The molecule has 3 aromatic rings. The van der Waals surface area contributed by atoms with Crippen molar-refractivity contribution < 1.29 is 14.2 Å². The average molecular weight is 581 g/mol. The third-order valence-corrected chi connectivity index (χ3v) is 9.78. The number of hydrogen-bond donors (Lipinski definition) is 2. The lowest BCUT2D eigenvalue weighted by Gasteiger charge is -2.38. The summed E-state index contributed by atoms with van der Waals surface area (Å²) in [7, 11) is 0. The summed E-state index contributed by atoms with van der Waals surface area (Å²) >= 11 is 1.68. The molecule has 3 fully saturated rings. The molecule has 3 aromatic heterocycles. The molecule has 7 rings (SSSR count). The van der Waals surface area contributed by atoms with Gasteiger partial charge in [0.15, 0.2) is 0 Å². The predicted octanol–water partition coefficient (Wildman–Crippen LogP) is 3.51. The van der Waals surface area contributed by atoms with E-state index in [1.807, 2.05) is 0 Å². The minimum absolute atomic E-state index is 0.142. The number of piperazine rings is 1. The molecule has 0 bridgehead atoms. The Kier molecular flexibility index (Phi) is 7.67. The van der Waals surface area contributed by atoms with Gasteiger partial charge in [0.25, 0.3) is 0 Å². The molecule has 0 aromatic carbocycles. The van der Waals surface area contributed by atoms with Crippen LogP contribution in [0.3, 0.4) is 0 Å². The first-order valence-electron chi connectivity index (χ1n) is 15.0. The number of thiophene rings is 1. The van der Waals surface area contributed by atoms with Crippen LogP contribution in [0.4, 0.5) is 17.6 Å². The Balaban J connectivity index is 1.13. The van der Waals surface area contributed by atoms with Gasteiger partial charge in [-0.1, -0.05) is 0 Å². The molecular weight excluding hydrogens is 540 g/mol. The van der Waals surface area contributed by atoms with E-state index >= 15 is 0 Å². The van der Waals surface area contributed by atoms with Gasteiger partial charge in [-0.15, -0.1) is 11.3 Å². The molecule has 0 radical (unpaired) electrons. The normalized spacial score (nSPS) is 25.2. The van der Waals surface area contributed by atoms with Crippen molar-refractivity contribution in [2.75, 3.05) is 62.7 Å². The van der Waals surface area contributed by atoms with Crippen molar-refractivity contribution in [2.24, 2.45) is 0 Å². The Hall–Kier alpha value is -2.64. The van der Waals surface area contributed by atoms with E-state index in [9.17, 15) is 0 Å². The van der Waals surface area contributed by atoms with Gasteiger partial charge in [-0.3, -0.25) is 4.90 Å². The van der Waals surface area contributed by atoms with Gasteiger partial charge >= 0.3 is 0 Å². The molecular formula is C29H40N8O3S. The number of nitrogens with one attached hydrogen (secondary N) is 2. The van der Waals surface area contributed by atoms with Crippen molar-refractivity contribution in [1.29, 1.82) is 0 Å². The molecule has 220 valence electrons. The van der Waals surface area contributed by atoms with Gasteiger partial charge in [-0.05, 0) is 45.1 Å². The number of fused-ring (bicyclic) bond motifs is 3. The van der Waals surface area contributed by atoms with Gasteiger partial charge in [-0.25, -0.2) is 15.0 Å². The van der Waals surface area contributed by atoms with Crippen LogP contribution in [0.25, 0.3) is 10.2 Å². The lowest BCUT2D eigenvalue weighted by Crippen LogP contribution is -2.46. The van der Waals surface area contributed by atoms with E-state index < -0.39 is 0 Å². The smallest absolute Gasteiger partial charge is 0.232 e. The maximum absolute atomic E-state index is 6.76. The van der Waals surface area contributed by atoms with Crippen LogP contribution in [0.5, 0.6) is 5.88 Å². The highest BCUT2D eigenvalue weighted by molar-refractivity contribution is 7.18. The van der Waals surface area contributed by atoms with Crippen LogP contribution in [0, 0.1) is 0 Å². The molecule has 41 heavy (non-hydrogen) atoms. The molecule has 2 saturated heterocycles. The highest BCUT2D eigenvalue weighted by Gasteiger charge is 2.33. The molecule has 4 aliphatic rings. The van der Waals surface area contributed by atoms with Gasteiger partial charge in [-0.2, -0.15) is 4.98 Å². The molecule has 11 nitrogen and oxygen atoms in total. The minimum Gasteiger partial charge on any atom is -0.474 e. The zero-order chi connectivity index (χ0) is 27.8. The lowest BCUT2D eigenvalue weighted by atomic mass is 9.91. The molecule has 12 heteroatoms. The van der Waals surface area contributed by atoms with Crippen molar-refractivity contribution in [1.82, 2.24) is 30.2 Å². The summed E-state index contributed by atoms with van der Waals surface area (Å²) in [5, 5.41) is 7.76. The summed E-state index contributed by atoms with van der Waals surface area (Å²) in [4.78, 5) is 26.0. The number of ether oxygens (including phenoxy) is 3. The molecule has 6 heterocycles. The number of aromatic nitrogens is 4. The number of anilines is 3. The number of morpholine rings is 1. The van der Waals surface area contributed by atoms with Crippen molar-refractivity contribution in [3.8, 4) is 5.88 Å². The molecule has 0 atom stereocenters. The number of hydrogen-bond acceptors (Lipinski definition) is 12. The predicted molar refractivity (Wildman–Crippen MR) is 159 cm³/mol. The van der Waals surface area contributed by atoms with E-state index in [0.29, 0.717) is 24.5 Å². The zero-order valence-electron chi connectivity index (χ0n) is 24.0. The molecule has 3 aliphatic heterocycles. The van der Waals surface area contributed by atoms with Crippen molar-refractivity contribution in [3.63, 3.8) is 0 Å². The first-order valence-corrected chi connectivity index (χ1v) is 15.8. The Morgan fingerprint density at radius 1 is 1.02 bits per heavy atom. The fraction of sp³-hybridized carbons (Fsp3) is 0.655. The Morgan fingerprint density at radius 2 is 1.78 bits per heavy atom. The molecule has 0 spiro atoms. The standard InChI is InChI=1S/C29H40N8O3S/c1-29(2)15-22-23(18-39-29)41-26-24(22)25(40-21-5-3-20(4-6-21)36-11-13-38-14-12-36)34-27(35-26)33-19-16-31-28(32-17-19)37-9-7-30-8-10-37/h16-17,20-21,30H,3-15,18H2,1-2H3,(H,33,34,35). The first-order chi connectivity index (χ1) is 20.0. The van der Waals surface area contributed by atoms with Gasteiger partial charge in [0.1, 0.15) is 10.9 Å². The van der Waals surface area contributed by atoms with Crippen LogP contribution in [0.15, 0.2) is 12.4 Å². The number of rotatable bonds is 6. The largest absolute Gasteiger partial charge is 0.474 e. The monoisotopic (exact) mass is 580 g/mol. The maximum Gasteiger partial charge on any atom is 0.232 e. The van der Waals surface area contributed by atoms with E-state index in [2.05, 4.69) is 44.2 Å². The summed E-state index contributed by atoms with van der Waals surface area (Å²) in [5.41, 5.74) is 1.80. The number of nitrogens with zero attached hydrogens (tertiary/aromatic N) is 6. The molecule has 1 aliphatic carbocycles. The lowest BCUT2D eigenvalue weighted by molar-refractivity contribution is -0.0379. The second-order valence-electron chi connectivity index (χ2n) is 12.1. The topological polar surface area (TPSA) is 110 Å². The van der Waals surface area contributed by atoms with Gasteiger partial charge in [0.2, 0.25) is 17.8 Å². The molecule has 0 amide bonds. The van der Waals surface area contributed by atoms with Gasteiger partial charge in [0.05, 0.1) is 48.9 Å². The molecule has 1 saturated carbocycles. The van der Waals surface area contributed by atoms with Gasteiger partial charge in [0, 0.05) is 56.6 Å². The average Bonchev–Trinajstić information content (AvgIpc) is 3.35. The summed E-state index contributed by atoms with van der Waals surface area (Å²) < 4.78 is 18.5. The highest BCUT2D eigenvalue weighted by Crippen LogP contribution is 2.43. The summed E-state index contributed by atoms with van der Waals surface area (Å²) in [6.45, 7) is 12.4. The van der Waals surface area contributed by atoms with Gasteiger partial charge < -0.3 is 29.7 Å². The zero-order valence-corrected chi connectivity index (χ0v) is 24.8. The molecule has 0 unspecified atom stereocenters.